The third-order valence-corrected chi connectivity index (χ3v) is 4.42. The molecule has 1 aromatic heterocycles. The third-order valence-electron chi connectivity index (χ3n) is 4.42. The van der Waals surface area contributed by atoms with E-state index in [-0.39, 0.29) is 5.92 Å². The van der Waals surface area contributed by atoms with Gasteiger partial charge in [0.1, 0.15) is 11.5 Å². The van der Waals surface area contributed by atoms with Crippen molar-refractivity contribution in [1.82, 2.24) is 4.90 Å². The Kier molecular flexibility index (Phi) is 5.07. The van der Waals surface area contributed by atoms with Gasteiger partial charge in [0.15, 0.2) is 0 Å². The van der Waals surface area contributed by atoms with E-state index in [4.69, 9.17) is 4.42 Å². The van der Waals surface area contributed by atoms with Crippen LogP contribution >= 0.6 is 0 Å². The molecule has 3 rings (SSSR count). The lowest BCUT2D eigenvalue weighted by Gasteiger charge is -2.31. The van der Waals surface area contributed by atoms with Gasteiger partial charge in [-0.2, -0.15) is 0 Å². The summed E-state index contributed by atoms with van der Waals surface area (Å²) < 4.78 is 5.41. The second-order valence-electron chi connectivity index (χ2n) is 6.11. The monoisotopic (exact) mass is 297 g/mol. The second-order valence-corrected chi connectivity index (χ2v) is 6.11. The molecule has 0 amide bonds. The van der Waals surface area contributed by atoms with Crippen LogP contribution in [0.4, 0.5) is 0 Å². The molecule has 22 heavy (non-hydrogen) atoms. The summed E-state index contributed by atoms with van der Waals surface area (Å²) >= 11 is 0. The zero-order valence-electron chi connectivity index (χ0n) is 12.9. The number of furan rings is 1. The van der Waals surface area contributed by atoms with Crippen molar-refractivity contribution in [3.05, 3.63) is 60.1 Å². The number of benzene rings is 1. The minimum Gasteiger partial charge on any atom is -0.468 e. The molecule has 1 aromatic carbocycles. The molecule has 1 atom stereocenters. The van der Waals surface area contributed by atoms with Gasteiger partial charge in [0.2, 0.25) is 0 Å². The maximum absolute atomic E-state index is 12.5. The highest BCUT2D eigenvalue weighted by atomic mass is 16.3. The van der Waals surface area contributed by atoms with Gasteiger partial charge < -0.3 is 4.42 Å². The van der Waals surface area contributed by atoms with Gasteiger partial charge >= 0.3 is 0 Å². The average Bonchev–Trinajstić information content (AvgIpc) is 3.07. The van der Waals surface area contributed by atoms with E-state index in [0.717, 1.165) is 44.7 Å². The molecule has 2 aromatic rings. The lowest BCUT2D eigenvalue weighted by molar-refractivity contribution is -0.124. The molecule has 1 aliphatic heterocycles. The normalized spacial score (nSPS) is 19.2. The molecule has 0 spiro atoms. The first-order chi connectivity index (χ1) is 10.8. The summed E-state index contributed by atoms with van der Waals surface area (Å²) in [5, 5.41) is 0. The molecule has 1 saturated heterocycles. The highest BCUT2D eigenvalue weighted by molar-refractivity contribution is 5.81. The summed E-state index contributed by atoms with van der Waals surface area (Å²) in [6.45, 7) is 2.74. The molecular formula is C19H23NO2. The Morgan fingerprint density at radius 2 is 2.05 bits per heavy atom. The number of carbonyl (C=O) groups is 1. The Hall–Kier alpha value is -1.87. The molecule has 0 N–H and O–H groups in total. The second kappa shape index (κ2) is 7.41. The molecule has 3 heteroatoms. The molecule has 0 saturated carbocycles. The fourth-order valence-electron chi connectivity index (χ4n) is 3.20. The first-order valence-corrected chi connectivity index (χ1v) is 8.12. The van der Waals surface area contributed by atoms with Crippen LogP contribution in [0.15, 0.2) is 53.1 Å². The molecule has 116 valence electrons. The number of aryl methyl sites for hydroxylation is 1. The molecule has 3 nitrogen and oxygen atoms in total. The van der Waals surface area contributed by atoms with Gasteiger partial charge in [-0.1, -0.05) is 30.3 Å². The van der Waals surface area contributed by atoms with Gasteiger partial charge in [0.05, 0.1) is 12.8 Å². The van der Waals surface area contributed by atoms with Crippen molar-refractivity contribution in [2.24, 2.45) is 5.92 Å². The fraction of sp³-hybridized carbons (Fsp3) is 0.421. The fourth-order valence-corrected chi connectivity index (χ4v) is 3.20. The van der Waals surface area contributed by atoms with Crippen LogP contribution in [-0.4, -0.2) is 23.8 Å². The maximum Gasteiger partial charge on any atom is 0.137 e. The van der Waals surface area contributed by atoms with Gasteiger partial charge in [-0.15, -0.1) is 0 Å². The van der Waals surface area contributed by atoms with Crippen LogP contribution in [0.5, 0.6) is 0 Å². The van der Waals surface area contributed by atoms with Gasteiger partial charge in [0.25, 0.3) is 0 Å². The van der Waals surface area contributed by atoms with Crippen molar-refractivity contribution < 1.29 is 9.21 Å². The van der Waals surface area contributed by atoms with Crippen molar-refractivity contribution in [2.75, 3.05) is 13.1 Å². The third kappa shape index (κ3) is 4.08. The minimum absolute atomic E-state index is 0.187. The summed E-state index contributed by atoms with van der Waals surface area (Å²) in [4.78, 5) is 14.8. The molecule has 0 aliphatic carbocycles. The number of rotatable bonds is 6. The highest BCUT2D eigenvalue weighted by Crippen LogP contribution is 2.21. The summed E-state index contributed by atoms with van der Waals surface area (Å²) in [6.07, 6.45) is 5.35. The number of hydrogen-bond acceptors (Lipinski definition) is 3. The van der Waals surface area contributed by atoms with Crippen molar-refractivity contribution in [3.63, 3.8) is 0 Å². The van der Waals surface area contributed by atoms with Crippen molar-refractivity contribution >= 4 is 5.78 Å². The Bertz CT molecular complexity index is 577. The SMILES string of the molecule is O=C(CCc1ccccc1)[C@@H]1CCCN(Cc2ccco2)C1. The summed E-state index contributed by atoms with van der Waals surface area (Å²) in [5.41, 5.74) is 1.25. The van der Waals surface area contributed by atoms with E-state index in [1.807, 2.05) is 30.3 Å². The van der Waals surface area contributed by atoms with Crippen LogP contribution in [0.3, 0.4) is 0 Å². The number of piperidine rings is 1. The lowest BCUT2D eigenvalue weighted by Crippen LogP contribution is -2.38. The largest absolute Gasteiger partial charge is 0.468 e. The van der Waals surface area contributed by atoms with Crippen LogP contribution in [0, 0.1) is 5.92 Å². The first-order valence-electron chi connectivity index (χ1n) is 8.12. The number of ketones is 1. The highest BCUT2D eigenvalue weighted by Gasteiger charge is 2.25. The number of nitrogens with zero attached hydrogens (tertiary/aromatic N) is 1. The summed E-state index contributed by atoms with van der Waals surface area (Å²) in [6, 6.07) is 14.2. The Balaban J connectivity index is 1.49. The van der Waals surface area contributed by atoms with Gasteiger partial charge in [-0.05, 0) is 43.5 Å². The van der Waals surface area contributed by atoms with Crippen molar-refractivity contribution in [3.8, 4) is 0 Å². The van der Waals surface area contributed by atoms with Crippen LogP contribution in [0.1, 0.15) is 30.6 Å². The molecular weight excluding hydrogens is 274 g/mol. The minimum atomic E-state index is 0.187. The number of likely N-dealkylation sites (tertiary alicyclic amines) is 1. The van der Waals surface area contributed by atoms with E-state index >= 15 is 0 Å². The molecule has 0 bridgehead atoms. The van der Waals surface area contributed by atoms with E-state index in [9.17, 15) is 4.79 Å². The zero-order chi connectivity index (χ0) is 15.2. The molecule has 2 heterocycles. The van der Waals surface area contributed by atoms with Crippen LogP contribution in [0.25, 0.3) is 0 Å². The van der Waals surface area contributed by atoms with Gasteiger partial charge in [-0.3, -0.25) is 9.69 Å². The van der Waals surface area contributed by atoms with Crippen molar-refractivity contribution in [1.29, 1.82) is 0 Å². The van der Waals surface area contributed by atoms with Crippen LogP contribution < -0.4 is 0 Å². The van der Waals surface area contributed by atoms with E-state index in [1.54, 1.807) is 6.26 Å². The standard InChI is InChI=1S/C19H23NO2/c21-19(11-10-16-6-2-1-3-7-16)17-8-4-12-20(14-17)15-18-9-5-13-22-18/h1-3,5-7,9,13,17H,4,8,10-12,14-15H2/t17-/m1/s1. The van der Waals surface area contributed by atoms with Crippen molar-refractivity contribution in [2.45, 2.75) is 32.2 Å². The summed E-state index contributed by atoms with van der Waals surface area (Å²) in [7, 11) is 0. The lowest BCUT2D eigenvalue weighted by atomic mass is 9.90. The predicted octanol–water partition coefficient (Wildman–Crippen LogP) is 3.69. The molecule has 1 fully saturated rings. The molecule has 1 aliphatic rings. The summed E-state index contributed by atoms with van der Waals surface area (Å²) in [5.74, 6) is 1.58. The van der Waals surface area contributed by atoms with Crippen LogP contribution in [-0.2, 0) is 17.8 Å². The van der Waals surface area contributed by atoms with E-state index < -0.39 is 0 Å². The molecule has 0 radical (unpaired) electrons. The first kappa shape index (κ1) is 15.0. The number of Topliss-reactive ketones (excluding diaryl/α,β-unsaturated/α-hetero) is 1. The molecule has 0 unspecified atom stereocenters. The number of carbonyl (C=O) groups excluding carboxylic acids is 1. The predicted molar refractivity (Wildman–Crippen MR) is 86.5 cm³/mol. The smallest absolute Gasteiger partial charge is 0.137 e. The van der Waals surface area contributed by atoms with E-state index in [1.165, 1.54) is 5.56 Å². The van der Waals surface area contributed by atoms with E-state index in [0.29, 0.717) is 12.2 Å². The maximum atomic E-state index is 12.5. The van der Waals surface area contributed by atoms with Crippen LogP contribution in [0.2, 0.25) is 0 Å². The quantitative estimate of drug-likeness (QED) is 0.815. The Morgan fingerprint density at radius 3 is 2.82 bits per heavy atom. The topological polar surface area (TPSA) is 33.5 Å². The van der Waals surface area contributed by atoms with E-state index in [2.05, 4.69) is 17.0 Å². The Labute approximate surface area is 131 Å². The Morgan fingerprint density at radius 1 is 1.18 bits per heavy atom. The average molecular weight is 297 g/mol. The zero-order valence-corrected chi connectivity index (χ0v) is 12.9. The number of hydrogen-bond donors (Lipinski definition) is 0. The van der Waals surface area contributed by atoms with Gasteiger partial charge in [0, 0.05) is 18.9 Å². The van der Waals surface area contributed by atoms with Gasteiger partial charge in [-0.25, -0.2) is 0 Å².